The minimum absolute atomic E-state index is 0.461. The minimum Gasteiger partial charge on any atom is -0.436 e. The summed E-state index contributed by atoms with van der Waals surface area (Å²) in [7, 11) is 0. The SMILES string of the molecule is Cc1cccc(-c2nc3cc(Cl)c(N)cc3o2)c1Cl. The fourth-order valence-corrected chi connectivity index (χ4v) is 2.26. The molecule has 3 aromatic rings. The van der Waals surface area contributed by atoms with E-state index in [9.17, 15) is 0 Å². The molecular formula is C14H10Cl2N2O. The third-order valence-corrected chi connectivity index (χ3v) is 3.76. The minimum atomic E-state index is 0.461. The number of benzene rings is 2. The van der Waals surface area contributed by atoms with Crippen molar-refractivity contribution in [1.29, 1.82) is 0 Å². The van der Waals surface area contributed by atoms with Gasteiger partial charge in [0.15, 0.2) is 5.58 Å². The first-order valence-corrected chi connectivity index (χ1v) is 6.43. The van der Waals surface area contributed by atoms with Crippen LogP contribution in [0.1, 0.15) is 5.56 Å². The van der Waals surface area contributed by atoms with E-state index < -0.39 is 0 Å². The summed E-state index contributed by atoms with van der Waals surface area (Å²) >= 11 is 12.2. The summed E-state index contributed by atoms with van der Waals surface area (Å²) in [4.78, 5) is 4.40. The van der Waals surface area contributed by atoms with Gasteiger partial charge in [-0.2, -0.15) is 0 Å². The van der Waals surface area contributed by atoms with Gasteiger partial charge >= 0.3 is 0 Å². The van der Waals surface area contributed by atoms with Crippen molar-refractivity contribution >= 4 is 40.0 Å². The zero-order valence-corrected chi connectivity index (χ0v) is 11.6. The Labute approximate surface area is 119 Å². The van der Waals surface area contributed by atoms with Crippen molar-refractivity contribution in [2.45, 2.75) is 6.92 Å². The number of fused-ring (bicyclic) bond motifs is 1. The van der Waals surface area contributed by atoms with Gasteiger partial charge in [-0.15, -0.1) is 0 Å². The maximum Gasteiger partial charge on any atom is 0.228 e. The smallest absolute Gasteiger partial charge is 0.228 e. The second-order valence-corrected chi connectivity index (χ2v) is 5.08. The van der Waals surface area contributed by atoms with Crippen LogP contribution in [0.2, 0.25) is 10.0 Å². The molecule has 0 aliphatic heterocycles. The molecule has 0 bridgehead atoms. The Morgan fingerprint density at radius 1 is 1.21 bits per heavy atom. The number of nitrogen functional groups attached to an aromatic ring is 1. The third-order valence-electron chi connectivity index (χ3n) is 2.93. The average Bonchev–Trinajstić information content (AvgIpc) is 2.76. The van der Waals surface area contributed by atoms with E-state index in [1.165, 1.54) is 0 Å². The molecule has 0 saturated carbocycles. The summed E-state index contributed by atoms with van der Waals surface area (Å²) < 4.78 is 5.69. The van der Waals surface area contributed by atoms with Gasteiger partial charge in [-0.25, -0.2) is 4.98 Å². The van der Waals surface area contributed by atoms with E-state index in [-0.39, 0.29) is 0 Å². The molecule has 19 heavy (non-hydrogen) atoms. The van der Waals surface area contributed by atoms with Crippen LogP contribution in [0, 0.1) is 6.92 Å². The summed E-state index contributed by atoms with van der Waals surface area (Å²) in [5.41, 5.74) is 9.19. The molecular weight excluding hydrogens is 283 g/mol. The van der Waals surface area contributed by atoms with Crippen LogP contribution in [-0.2, 0) is 0 Å². The summed E-state index contributed by atoms with van der Waals surface area (Å²) in [5.74, 6) is 0.463. The molecule has 1 heterocycles. The summed E-state index contributed by atoms with van der Waals surface area (Å²) in [6, 6.07) is 9.06. The number of nitrogens with zero attached hydrogens (tertiary/aromatic N) is 1. The number of aromatic nitrogens is 1. The molecule has 0 spiro atoms. The van der Waals surface area contributed by atoms with Crippen LogP contribution in [0.5, 0.6) is 0 Å². The molecule has 2 N–H and O–H groups in total. The second-order valence-electron chi connectivity index (χ2n) is 4.30. The number of anilines is 1. The summed E-state index contributed by atoms with van der Waals surface area (Å²) in [6.45, 7) is 1.93. The number of hydrogen-bond donors (Lipinski definition) is 1. The molecule has 0 fully saturated rings. The first kappa shape index (κ1) is 12.3. The first-order valence-electron chi connectivity index (χ1n) is 5.67. The Morgan fingerprint density at radius 2 is 2.00 bits per heavy atom. The van der Waals surface area contributed by atoms with E-state index in [2.05, 4.69) is 4.98 Å². The molecule has 3 rings (SSSR count). The lowest BCUT2D eigenvalue weighted by Gasteiger charge is -2.01. The highest BCUT2D eigenvalue weighted by Gasteiger charge is 2.13. The van der Waals surface area contributed by atoms with Crippen LogP contribution < -0.4 is 5.73 Å². The van der Waals surface area contributed by atoms with Crippen LogP contribution in [0.15, 0.2) is 34.7 Å². The highest BCUT2D eigenvalue weighted by Crippen LogP contribution is 2.33. The first-order chi connectivity index (χ1) is 9.06. The van der Waals surface area contributed by atoms with Crippen molar-refractivity contribution in [3.8, 4) is 11.5 Å². The zero-order valence-electron chi connectivity index (χ0n) is 10.1. The Morgan fingerprint density at radius 3 is 2.79 bits per heavy atom. The van der Waals surface area contributed by atoms with Crippen LogP contribution in [0.3, 0.4) is 0 Å². The van der Waals surface area contributed by atoms with Gasteiger partial charge < -0.3 is 10.2 Å². The topological polar surface area (TPSA) is 52.0 Å². The molecule has 0 amide bonds. The Balaban J connectivity index is 2.23. The predicted octanol–water partition coefficient (Wildman–Crippen LogP) is 4.69. The van der Waals surface area contributed by atoms with E-state index in [1.54, 1.807) is 12.1 Å². The maximum absolute atomic E-state index is 6.27. The number of rotatable bonds is 1. The lowest BCUT2D eigenvalue weighted by atomic mass is 10.1. The highest BCUT2D eigenvalue weighted by atomic mass is 35.5. The van der Waals surface area contributed by atoms with Gasteiger partial charge in [-0.05, 0) is 24.6 Å². The lowest BCUT2D eigenvalue weighted by Crippen LogP contribution is -1.84. The Bertz CT molecular complexity index is 741. The summed E-state index contributed by atoms with van der Waals surface area (Å²) in [6.07, 6.45) is 0. The van der Waals surface area contributed by atoms with Gasteiger partial charge in [0.25, 0.3) is 0 Å². The van der Waals surface area contributed by atoms with Gasteiger partial charge in [-0.3, -0.25) is 0 Å². The molecule has 96 valence electrons. The molecule has 0 aliphatic carbocycles. The second kappa shape index (κ2) is 4.44. The number of oxazole rings is 1. The van der Waals surface area contributed by atoms with Crippen molar-refractivity contribution in [3.63, 3.8) is 0 Å². The molecule has 1 aromatic heterocycles. The molecule has 0 radical (unpaired) electrons. The number of nitrogens with two attached hydrogens (primary N) is 1. The van der Waals surface area contributed by atoms with Gasteiger partial charge in [-0.1, -0.05) is 35.3 Å². The van der Waals surface area contributed by atoms with Crippen LogP contribution >= 0.6 is 23.2 Å². The van der Waals surface area contributed by atoms with Gasteiger partial charge in [0, 0.05) is 6.07 Å². The van der Waals surface area contributed by atoms with Crippen molar-refractivity contribution in [2.75, 3.05) is 5.73 Å². The predicted molar refractivity (Wildman–Crippen MR) is 78.6 cm³/mol. The number of hydrogen-bond acceptors (Lipinski definition) is 3. The maximum atomic E-state index is 6.27. The fourth-order valence-electron chi connectivity index (χ4n) is 1.89. The molecule has 0 saturated heterocycles. The van der Waals surface area contributed by atoms with Crippen LogP contribution in [0.4, 0.5) is 5.69 Å². The van der Waals surface area contributed by atoms with Crippen LogP contribution in [-0.4, -0.2) is 4.98 Å². The van der Waals surface area contributed by atoms with E-state index in [4.69, 9.17) is 33.4 Å². The largest absolute Gasteiger partial charge is 0.436 e. The van der Waals surface area contributed by atoms with Crippen LogP contribution in [0.25, 0.3) is 22.6 Å². The van der Waals surface area contributed by atoms with Gasteiger partial charge in [0.05, 0.1) is 21.3 Å². The van der Waals surface area contributed by atoms with E-state index >= 15 is 0 Å². The Hall–Kier alpha value is -1.71. The standard InChI is InChI=1S/C14H10Cl2N2O/c1-7-3-2-4-8(13(7)16)14-18-11-5-9(15)10(17)6-12(11)19-14/h2-6H,17H2,1H3. The lowest BCUT2D eigenvalue weighted by molar-refractivity contribution is 0.620. The molecule has 3 nitrogen and oxygen atoms in total. The zero-order chi connectivity index (χ0) is 13.6. The molecule has 0 aliphatic rings. The highest BCUT2D eigenvalue weighted by molar-refractivity contribution is 6.34. The molecule has 0 unspecified atom stereocenters. The van der Waals surface area contributed by atoms with E-state index in [0.717, 1.165) is 11.1 Å². The van der Waals surface area contributed by atoms with Gasteiger partial charge in [0.2, 0.25) is 5.89 Å². The van der Waals surface area contributed by atoms with Crippen molar-refractivity contribution in [3.05, 3.63) is 45.9 Å². The van der Waals surface area contributed by atoms with E-state index in [0.29, 0.717) is 32.7 Å². The van der Waals surface area contributed by atoms with Crippen molar-refractivity contribution in [2.24, 2.45) is 0 Å². The monoisotopic (exact) mass is 292 g/mol. The quantitative estimate of drug-likeness (QED) is 0.662. The van der Waals surface area contributed by atoms with Gasteiger partial charge in [0.1, 0.15) is 5.52 Å². The number of aryl methyl sites for hydroxylation is 1. The Kier molecular flexibility index (Phi) is 2.88. The molecule has 2 aromatic carbocycles. The van der Waals surface area contributed by atoms with Crippen molar-refractivity contribution in [1.82, 2.24) is 4.98 Å². The normalized spacial score (nSPS) is 11.1. The fraction of sp³-hybridized carbons (Fsp3) is 0.0714. The summed E-state index contributed by atoms with van der Waals surface area (Å²) in [5, 5.41) is 1.09. The van der Waals surface area contributed by atoms with E-state index in [1.807, 2.05) is 25.1 Å². The van der Waals surface area contributed by atoms with Crippen molar-refractivity contribution < 1.29 is 4.42 Å². The third kappa shape index (κ3) is 2.05. The molecule has 5 heteroatoms. The average molecular weight is 293 g/mol. The molecule has 0 atom stereocenters. The number of halogens is 2.